The van der Waals surface area contributed by atoms with E-state index in [0.717, 1.165) is 0 Å². The summed E-state index contributed by atoms with van der Waals surface area (Å²) >= 11 is 12.0. The van der Waals surface area contributed by atoms with Crippen molar-refractivity contribution in [2.45, 2.75) is 0 Å². The number of benzene rings is 1. The summed E-state index contributed by atoms with van der Waals surface area (Å²) in [7, 11) is 3.23. The fourth-order valence-electron chi connectivity index (χ4n) is 1.69. The normalized spacial score (nSPS) is 10.1. The van der Waals surface area contributed by atoms with E-state index in [0.29, 0.717) is 27.8 Å². The molecular weight excluding hydrogens is 313 g/mol. The summed E-state index contributed by atoms with van der Waals surface area (Å²) in [6.45, 7) is 0. The van der Waals surface area contributed by atoms with Gasteiger partial charge in [0.05, 0.1) is 22.7 Å². The number of pyridine rings is 1. The van der Waals surface area contributed by atoms with E-state index in [1.54, 1.807) is 31.3 Å². The standard InChI is InChI=1S/C14H13Cl2N3O2/c1-17-13-6-9(11(16)7-18-13)14(20)19-8-3-4-12(21-2)10(15)5-8/h3-7H,1-2H3,(H,17,18)(H,19,20). The zero-order chi connectivity index (χ0) is 15.4. The largest absolute Gasteiger partial charge is 0.495 e. The topological polar surface area (TPSA) is 63.2 Å². The van der Waals surface area contributed by atoms with Crippen molar-refractivity contribution >= 4 is 40.6 Å². The first-order valence-corrected chi connectivity index (χ1v) is 6.79. The minimum atomic E-state index is -0.347. The Bertz CT molecular complexity index is 677. The lowest BCUT2D eigenvalue weighted by molar-refractivity contribution is 0.102. The van der Waals surface area contributed by atoms with Gasteiger partial charge < -0.3 is 15.4 Å². The molecule has 2 aromatic rings. The van der Waals surface area contributed by atoms with Gasteiger partial charge in [-0.2, -0.15) is 0 Å². The van der Waals surface area contributed by atoms with E-state index in [-0.39, 0.29) is 10.9 Å². The van der Waals surface area contributed by atoms with Crippen molar-refractivity contribution in [1.29, 1.82) is 0 Å². The van der Waals surface area contributed by atoms with Crippen LogP contribution in [0.15, 0.2) is 30.5 Å². The number of anilines is 2. The molecule has 21 heavy (non-hydrogen) atoms. The van der Waals surface area contributed by atoms with Crippen LogP contribution in [-0.2, 0) is 0 Å². The fraction of sp³-hybridized carbons (Fsp3) is 0.143. The van der Waals surface area contributed by atoms with Crippen molar-refractivity contribution in [3.8, 4) is 5.75 Å². The molecule has 0 aliphatic rings. The third-order valence-electron chi connectivity index (χ3n) is 2.77. The number of carbonyl (C=O) groups excluding carboxylic acids is 1. The highest BCUT2D eigenvalue weighted by Gasteiger charge is 2.13. The highest BCUT2D eigenvalue weighted by Crippen LogP contribution is 2.28. The molecule has 2 rings (SSSR count). The Labute approximate surface area is 132 Å². The van der Waals surface area contributed by atoms with E-state index in [1.165, 1.54) is 13.3 Å². The van der Waals surface area contributed by atoms with Crippen LogP contribution >= 0.6 is 23.2 Å². The molecule has 0 radical (unpaired) electrons. The van der Waals surface area contributed by atoms with Crippen LogP contribution in [0.25, 0.3) is 0 Å². The van der Waals surface area contributed by atoms with Crippen molar-refractivity contribution in [3.05, 3.63) is 46.1 Å². The maximum Gasteiger partial charge on any atom is 0.257 e. The number of halogens is 2. The van der Waals surface area contributed by atoms with Crippen molar-refractivity contribution < 1.29 is 9.53 Å². The second kappa shape index (κ2) is 6.65. The molecule has 5 nitrogen and oxygen atoms in total. The van der Waals surface area contributed by atoms with Crippen LogP contribution < -0.4 is 15.4 Å². The molecule has 1 aromatic heterocycles. The van der Waals surface area contributed by atoms with Gasteiger partial charge >= 0.3 is 0 Å². The lowest BCUT2D eigenvalue weighted by atomic mass is 10.2. The quantitative estimate of drug-likeness (QED) is 0.899. The van der Waals surface area contributed by atoms with Gasteiger partial charge in [-0.25, -0.2) is 4.98 Å². The highest BCUT2D eigenvalue weighted by atomic mass is 35.5. The number of hydrogen-bond acceptors (Lipinski definition) is 4. The minimum absolute atomic E-state index is 0.270. The summed E-state index contributed by atoms with van der Waals surface area (Å²) in [5, 5.41) is 6.25. The highest BCUT2D eigenvalue weighted by molar-refractivity contribution is 6.34. The van der Waals surface area contributed by atoms with Gasteiger partial charge in [0.25, 0.3) is 5.91 Å². The molecule has 0 bridgehead atoms. The first-order chi connectivity index (χ1) is 10.0. The van der Waals surface area contributed by atoms with Gasteiger partial charge in [0.1, 0.15) is 11.6 Å². The average Bonchev–Trinajstić information content (AvgIpc) is 2.48. The fourth-order valence-corrected chi connectivity index (χ4v) is 2.14. The van der Waals surface area contributed by atoms with E-state index in [4.69, 9.17) is 27.9 Å². The molecule has 0 atom stereocenters. The Kier molecular flexibility index (Phi) is 4.88. The van der Waals surface area contributed by atoms with Crippen LogP contribution in [0, 0.1) is 0 Å². The van der Waals surface area contributed by atoms with Crippen LogP contribution in [0.2, 0.25) is 10.0 Å². The summed E-state index contributed by atoms with van der Waals surface area (Å²) in [5.74, 6) is 0.742. The lowest BCUT2D eigenvalue weighted by Gasteiger charge is -2.10. The summed E-state index contributed by atoms with van der Waals surface area (Å²) in [6, 6.07) is 6.54. The molecule has 0 aliphatic carbocycles. The van der Waals surface area contributed by atoms with Gasteiger partial charge in [-0.3, -0.25) is 4.79 Å². The smallest absolute Gasteiger partial charge is 0.257 e. The molecular formula is C14H13Cl2N3O2. The minimum Gasteiger partial charge on any atom is -0.495 e. The van der Waals surface area contributed by atoms with Gasteiger partial charge in [0.15, 0.2) is 0 Å². The maximum atomic E-state index is 12.2. The van der Waals surface area contributed by atoms with E-state index >= 15 is 0 Å². The molecule has 110 valence electrons. The Morgan fingerprint density at radius 3 is 2.62 bits per heavy atom. The van der Waals surface area contributed by atoms with Gasteiger partial charge in [-0.05, 0) is 24.3 Å². The molecule has 7 heteroatoms. The Morgan fingerprint density at radius 2 is 2.00 bits per heavy atom. The van der Waals surface area contributed by atoms with Crippen LogP contribution in [0.3, 0.4) is 0 Å². The molecule has 0 aliphatic heterocycles. The van der Waals surface area contributed by atoms with Crippen LogP contribution in [0.1, 0.15) is 10.4 Å². The summed E-state index contributed by atoms with van der Waals surface area (Å²) < 4.78 is 5.06. The van der Waals surface area contributed by atoms with Gasteiger partial charge in [-0.15, -0.1) is 0 Å². The van der Waals surface area contributed by atoms with Gasteiger partial charge in [0.2, 0.25) is 0 Å². The number of ether oxygens (including phenoxy) is 1. The number of nitrogens with one attached hydrogen (secondary N) is 2. The predicted molar refractivity (Wildman–Crippen MR) is 84.8 cm³/mol. The van der Waals surface area contributed by atoms with E-state index in [9.17, 15) is 4.79 Å². The summed E-state index contributed by atoms with van der Waals surface area (Å²) in [6.07, 6.45) is 1.42. The van der Waals surface area contributed by atoms with Crippen molar-refractivity contribution in [2.24, 2.45) is 0 Å². The lowest BCUT2D eigenvalue weighted by Crippen LogP contribution is -2.13. The average molecular weight is 326 g/mol. The molecule has 2 N–H and O–H groups in total. The van der Waals surface area contributed by atoms with Gasteiger partial charge in [-0.1, -0.05) is 23.2 Å². The third-order valence-corrected chi connectivity index (χ3v) is 3.36. The molecule has 1 heterocycles. The summed E-state index contributed by atoms with van der Waals surface area (Å²) in [5.41, 5.74) is 0.868. The van der Waals surface area contributed by atoms with E-state index < -0.39 is 0 Å². The van der Waals surface area contributed by atoms with Crippen molar-refractivity contribution in [1.82, 2.24) is 4.98 Å². The molecule has 1 amide bonds. The van der Waals surface area contributed by atoms with Crippen molar-refractivity contribution in [2.75, 3.05) is 24.8 Å². The molecule has 1 aromatic carbocycles. The SMILES string of the molecule is CNc1cc(C(=O)Nc2ccc(OC)c(Cl)c2)c(Cl)cn1. The zero-order valence-electron chi connectivity index (χ0n) is 11.4. The number of nitrogens with zero attached hydrogens (tertiary/aromatic N) is 1. The number of amides is 1. The van der Waals surface area contributed by atoms with E-state index in [1.807, 2.05) is 0 Å². The van der Waals surface area contributed by atoms with Gasteiger partial charge in [0, 0.05) is 18.9 Å². The maximum absolute atomic E-state index is 12.2. The number of hydrogen-bond donors (Lipinski definition) is 2. The molecule has 0 fully saturated rings. The first-order valence-electron chi connectivity index (χ1n) is 6.03. The zero-order valence-corrected chi connectivity index (χ0v) is 12.9. The Morgan fingerprint density at radius 1 is 1.24 bits per heavy atom. The predicted octanol–water partition coefficient (Wildman–Crippen LogP) is 3.69. The second-order valence-electron chi connectivity index (χ2n) is 4.10. The first kappa shape index (κ1) is 15.4. The third kappa shape index (κ3) is 3.56. The van der Waals surface area contributed by atoms with E-state index in [2.05, 4.69) is 15.6 Å². The van der Waals surface area contributed by atoms with Crippen molar-refractivity contribution in [3.63, 3.8) is 0 Å². The Hall–Kier alpha value is -1.98. The molecule has 0 saturated carbocycles. The summed E-state index contributed by atoms with van der Waals surface area (Å²) in [4.78, 5) is 16.3. The number of aromatic nitrogens is 1. The van der Waals surface area contributed by atoms with Crippen LogP contribution in [0.4, 0.5) is 11.5 Å². The Balaban J connectivity index is 2.23. The number of methoxy groups -OCH3 is 1. The number of rotatable bonds is 4. The molecule has 0 unspecified atom stereocenters. The molecule has 0 saturated heterocycles. The number of carbonyl (C=O) groups is 1. The van der Waals surface area contributed by atoms with Crippen LogP contribution in [0.5, 0.6) is 5.75 Å². The monoisotopic (exact) mass is 325 g/mol. The molecule has 0 spiro atoms. The van der Waals surface area contributed by atoms with Crippen LogP contribution in [-0.4, -0.2) is 25.0 Å². The second-order valence-corrected chi connectivity index (χ2v) is 4.92.